The van der Waals surface area contributed by atoms with E-state index in [2.05, 4.69) is 10.3 Å². The van der Waals surface area contributed by atoms with E-state index in [1.54, 1.807) is 6.07 Å². The summed E-state index contributed by atoms with van der Waals surface area (Å²) in [6, 6.07) is 2.99. The van der Waals surface area contributed by atoms with Gasteiger partial charge >= 0.3 is 5.97 Å². The number of carbonyl (C=O) groups excluding carboxylic acids is 1. The molecule has 1 heterocycles. The first-order chi connectivity index (χ1) is 9.20. The van der Waals surface area contributed by atoms with Crippen LogP contribution in [0, 0.1) is 0 Å². The molecule has 0 bridgehead atoms. The minimum absolute atomic E-state index is 0.151. The summed E-state index contributed by atoms with van der Waals surface area (Å²) in [5, 5.41) is 9.69. The number of carbonyl (C=O) groups is 2. The number of hydrogen-bond acceptors (Lipinski definition) is 5. The van der Waals surface area contributed by atoms with Crippen molar-refractivity contribution in [3.05, 3.63) is 30.0 Å². The molecule has 0 radical (unpaired) electrons. The standard InChI is InChI=1S/C12H14N2O5S/c1-8(20(2,18)19)12(17)14-10-7-9(5-6-13-10)3-4-11(15)16/h3-8H,1-2H3,(H,15,16)(H,13,14,17)/b4-3+. The Morgan fingerprint density at radius 3 is 2.65 bits per heavy atom. The second-order valence-electron chi connectivity index (χ2n) is 4.11. The summed E-state index contributed by atoms with van der Waals surface area (Å²) in [6.45, 7) is 1.28. The molecular weight excluding hydrogens is 284 g/mol. The number of pyridine rings is 1. The molecule has 0 saturated carbocycles. The van der Waals surface area contributed by atoms with Crippen LogP contribution in [0.4, 0.5) is 5.82 Å². The molecule has 7 nitrogen and oxygen atoms in total. The van der Waals surface area contributed by atoms with Crippen LogP contribution < -0.4 is 5.32 Å². The summed E-state index contributed by atoms with van der Waals surface area (Å²) in [6.07, 6.45) is 4.62. The Balaban J connectivity index is 2.86. The van der Waals surface area contributed by atoms with Crippen molar-refractivity contribution in [3.63, 3.8) is 0 Å². The minimum atomic E-state index is -3.49. The largest absolute Gasteiger partial charge is 0.478 e. The molecule has 0 saturated heterocycles. The van der Waals surface area contributed by atoms with E-state index in [-0.39, 0.29) is 5.82 Å². The third-order valence-corrected chi connectivity index (χ3v) is 3.96. The number of nitrogens with one attached hydrogen (secondary N) is 1. The van der Waals surface area contributed by atoms with Crippen LogP contribution in [0.25, 0.3) is 6.08 Å². The second kappa shape index (κ2) is 6.29. The van der Waals surface area contributed by atoms with Crippen molar-refractivity contribution >= 4 is 33.6 Å². The van der Waals surface area contributed by atoms with Crippen molar-refractivity contribution in [2.75, 3.05) is 11.6 Å². The van der Waals surface area contributed by atoms with Crippen molar-refractivity contribution in [1.29, 1.82) is 0 Å². The Morgan fingerprint density at radius 2 is 2.10 bits per heavy atom. The van der Waals surface area contributed by atoms with Crippen molar-refractivity contribution in [2.24, 2.45) is 0 Å². The predicted molar refractivity (Wildman–Crippen MR) is 73.8 cm³/mol. The molecule has 2 N–H and O–H groups in total. The molecule has 108 valence electrons. The van der Waals surface area contributed by atoms with Crippen LogP contribution in [0.15, 0.2) is 24.4 Å². The van der Waals surface area contributed by atoms with Crippen LogP contribution >= 0.6 is 0 Å². The Labute approximate surface area is 116 Å². The fourth-order valence-corrected chi connectivity index (χ4v) is 1.66. The van der Waals surface area contributed by atoms with Gasteiger partial charge in [-0.1, -0.05) is 0 Å². The van der Waals surface area contributed by atoms with Crippen LogP contribution in [-0.2, 0) is 19.4 Å². The summed E-state index contributed by atoms with van der Waals surface area (Å²) < 4.78 is 22.5. The molecule has 0 aliphatic carbocycles. The number of amides is 1. The molecule has 0 aromatic carbocycles. The van der Waals surface area contributed by atoms with Gasteiger partial charge in [0.2, 0.25) is 5.91 Å². The van der Waals surface area contributed by atoms with Crippen molar-refractivity contribution in [1.82, 2.24) is 4.98 Å². The van der Waals surface area contributed by atoms with Gasteiger partial charge in [0.05, 0.1) is 0 Å². The molecule has 1 rings (SSSR count). The fraction of sp³-hybridized carbons (Fsp3) is 0.250. The quantitative estimate of drug-likeness (QED) is 0.767. The van der Waals surface area contributed by atoms with Crippen LogP contribution in [0.1, 0.15) is 12.5 Å². The summed E-state index contributed by atoms with van der Waals surface area (Å²) in [7, 11) is -3.49. The number of aliphatic carboxylic acids is 1. The molecule has 0 aliphatic heterocycles. The van der Waals surface area contributed by atoms with Gasteiger partial charge in [-0.15, -0.1) is 0 Å². The van der Waals surface area contributed by atoms with Crippen LogP contribution in [0.5, 0.6) is 0 Å². The highest BCUT2D eigenvalue weighted by molar-refractivity contribution is 7.92. The molecule has 1 atom stereocenters. The number of nitrogens with zero attached hydrogens (tertiary/aromatic N) is 1. The molecule has 0 fully saturated rings. The third kappa shape index (κ3) is 4.81. The normalized spacial score (nSPS) is 13.1. The number of sulfone groups is 1. The van der Waals surface area contributed by atoms with Crippen molar-refractivity contribution < 1.29 is 23.1 Å². The van der Waals surface area contributed by atoms with Gasteiger partial charge < -0.3 is 10.4 Å². The van der Waals surface area contributed by atoms with E-state index in [4.69, 9.17) is 5.11 Å². The van der Waals surface area contributed by atoms with E-state index in [1.165, 1.54) is 25.3 Å². The van der Waals surface area contributed by atoms with Gasteiger partial charge in [-0.2, -0.15) is 0 Å². The second-order valence-corrected chi connectivity index (χ2v) is 6.47. The molecule has 0 aliphatic rings. The lowest BCUT2D eigenvalue weighted by atomic mass is 10.2. The number of rotatable bonds is 5. The zero-order chi connectivity index (χ0) is 15.3. The highest BCUT2D eigenvalue weighted by Crippen LogP contribution is 2.10. The zero-order valence-electron chi connectivity index (χ0n) is 10.9. The van der Waals surface area contributed by atoms with E-state index >= 15 is 0 Å². The lowest BCUT2D eigenvalue weighted by Gasteiger charge is -2.09. The Hall–Kier alpha value is -2.22. The van der Waals surface area contributed by atoms with Gasteiger partial charge in [-0.05, 0) is 30.7 Å². The molecule has 8 heteroatoms. The summed E-state index contributed by atoms with van der Waals surface area (Å²) >= 11 is 0. The van der Waals surface area contributed by atoms with Gasteiger partial charge in [-0.25, -0.2) is 18.2 Å². The number of anilines is 1. The predicted octanol–water partition coefficient (Wildman–Crippen LogP) is 0.551. The van der Waals surface area contributed by atoms with Crippen molar-refractivity contribution in [2.45, 2.75) is 12.2 Å². The number of aromatic nitrogens is 1. The average molecular weight is 298 g/mol. The topological polar surface area (TPSA) is 113 Å². The monoisotopic (exact) mass is 298 g/mol. The molecule has 1 aromatic rings. The molecule has 1 aromatic heterocycles. The third-order valence-electron chi connectivity index (χ3n) is 2.47. The highest BCUT2D eigenvalue weighted by atomic mass is 32.2. The first-order valence-electron chi connectivity index (χ1n) is 5.57. The summed E-state index contributed by atoms with van der Waals surface area (Å²) in [5.74, 6) is -1.64. The smallest absolute Gasteiger partial charge is 0.328 e. The summed E-state index contributed by atoms with van der Waals surface area (Å²) in [4.78, 5) is 26.0. The zero-order valence-corrected chi connectivity index (χ0v) is 11.7. The fourth-order valence-electron chi connectivity index (χ4n) is 1.21. The Morgan fingerprint density at radius 1 is 1.45 bits per heavy atom. The maximum absolute atomic E-state index is 11.7. The maximum Gasteiger partial charge on any atom is 0.328 e. The van der Waals surface area contributed by atoms with Gasteiger partial charge in [0, 0.05) is 18.5 Å². The minimum Gasteiger partial charge on any atom is -0.478 e. The van der Waals surface area contributed by atoms with E-state index in [0.29, 0.717) is 5.56 Å². The van der Waals surface area contributed by atoms with Crippen LogP contribution in [0.2, 0.25) is 0 Å². The van der Waals surface area contributed by atoms with Gasteiger partial charge in [0.15, 0.2) is 9.84 Å². The maximum atomic E-state index is 11.7. The first kappa shape index (κ1) is 15.8. The van der Waals surface area contributed by atoms with Crippen molar-refractivity contribution in [3.8, 4) is 0 Å². The molecule has 1 unspecified atom stereocenters. The van der Waals surface area contributed by atoms with Gasteiger partial charge in [-0.3, -0.25) is 4.79 Å². The van der Waals surface area contributed by atoms with Gasteiger partial charge in [0.1, 0.15) is 11.1 Å². The van der Waals surface area contributed by atoms with E-state index < -0.39 is 27.0 Å². The van der Waals surface area contributed by atoms with Gasteiger partial charge in [0.25, 0.3) is 0 Å². The SMILES string of the molecule is CC(C(=O)Nc1cc(/C=C/C(=O)O)ccn1)S(C)(=O)=O. The molecule has 20 heavy (non-hydrogen) atoms. The van der Waals surface area contributed by atoms with E-state index in [9.17, 15) is 18.0 Å². The van der Waals surface area contributed by atoms with E-state index in [1.807, 2.05) is 0 Å². The lowest BCUT2D eigenvalue weighted by Crippen LogP contribution is -2.32. The molecule has 1 amide bonds. The number of hydrogen-bond donors (Lipinski definition) is 2. The molecule has 0 spiro atoms. The lowest BCUT2D eigenvalue weighted by molar-refractivity contribution is -0.131. The average Bonchev–Trinajstić information content (AvgIpc) is 2.34. The number of carboxylic acids is 1. The first-order valence-corrected chi connectivity index (χ1v) is 7.52. The highest BCUT2D eigenvalue weighted by Gasteiger charge is 2.23. The summed E-state index contributed by atoms with van der Waals surface area (Å²) in [5.41, 5.74) is 0.518. The Kier molecular flexibility index (Phi) is 4.98. The Bertz CT molecular complexity index is 652. The molecular formula is C12H14N2O5S. The van der Waals surface area contributed by atoms with E-state index in [0.717, 1.165) is 12.3 Å². The van der Waals surface area contributed by atoms with Crippen LogP contribution in [-0.4, -0.2) is 41.9 Å². The van der Waals surface area contributed by atoms with Crippen LogP contribution in [0.3, 0.4) is 0 Å². The number of carboxylic acid groups (broad SMARTS) is 1.